The highest BCUT2D eigenvalue weighted by Gasteiger charge is 2.50. The summed E-state index contributed by atoms with van der Waals surface area (Å²) in [5.74, 6) is -0.317. The number of hydrogen-bond donors (Lipinski definition) is 0. The zero-order valence-electron chi connectivity index (χ0n) is 12.0. The number of rotatable bonds is 5. The molecule has 0 saturated carbocycles. The topological polar surface area (TPSA) is 38.7 Å². The lowest BCUT2D eigenvalue weighted by molar-refractivity contribution is -0.148. The van der Waals surface area contributed by atoms with E-state index in [1.54, 1.807) is 0 Å². The van der Waals surface area contributed by atoms with Crippen molar-refractivity contribution in [1.82, 2.24) is 0 Å². The van der Waals surface area contributed by atoms with Gasteiger partial charge >= 0.3 is 5.97 Å². The van der Waals surface area contributed by atoms with Crippen LogP contribution in [0.2, 0.25) is 0 Å². The van der Waals surface area contributed by atoms with Gasteiger partial charge in [-0.3, -0.25) is 0 Å². The third kappa shape index (κ3) is 2.57. The number of nitrogens with zero attached hydrogens (tertiary/aromatic N) is 1. The normalized spacial score (nSPS) is 16.5. The summed E-state index contributed by atoms with van der Waals surface area (Å²) in [5.41, 5.74) is 2.64. The van der Waals surface area contributed by atoms with Crippen molar-refractivity contribution in [1.29, 1.82) is 0 Å². The molecule has 0 fully saturated rings. The molecular weight excluding hydrogens is 250 g/mol. The summed E-state index contributed by atoms with van der Waals surface area (Å²) >= 11 is 0. The number of oxime groups is 1. The number of allylic oxidation sites excluding steroid dienone is 2. The van der Waals surface area contributed by atoms with Crippen molar-refractivity contribution < 1.29 is 9.63 Å². The fraction of sp³-hybridized carbons (Fsp3) is 0.294. The average molecular weight is 269 g/mol. The summed E-state index contributed by atoms with van der Waals surface area (Å²) in [6.07, 6.45) is 1.04. The van der Waals surface area contributed by atoms with Crippen LogP contribution in [0.5, 0.6) is 0 Å². The van der Waals surface area contributed by atoms with Crippen molar-refractivity contribution in [2.45, 2.75) is 26.7 Å². The van der Waals surface area contributed by atoms with Gasteiger partial charge in [0.15, 0.2) is 0 Å². The molecule has 104 valence electrons. The molecule has 1 aliphatic rings. The van der Waals surface area contributed by atoms with Crippen LogP contribution in [0.3, 0.4) is 0 Å². The van der Waals surface area contributed by atoms with E-state index in [1.807, 2.05) is 44.2 Å². The van der Waals surface area contributed by atoms with E-state index < -0.39 is 5.41 Å². The minimum atomic E-state index is -0.793. The number of carbonyl (C=O) groups excluding carboxylic acids is 1. The van der Waals surface area contributed by atoms with Crippen LogP contribution >= 0.6 is 0 Å². The van der Waals surface area contributed by atoms with E-state index in [0.29, 0.717) is 18.6 Å². The molecule has 0 aromatic heterocycles. The molecule has 20 heavy (non-hydrogen) atoms. The number of hydrogen-bond acceptors (Lipinski definition) is 3. The van der Waals surface area contributed by atoms with Crippen molar-refractivity contribution in [3.63, 3.8) is 0 Å². The second kappa shape index (κ2) is 5.45. The molecule has 0 spiro atoms. The lowest BCUT2D eigenvalue weighted by Crippen LogP contribution is -2.36. The highest BCUT2D eigenvalue weighted by molar-refractivity contribution is 6.18. The maximum atomic E-state index is 12.3. The predicted molar refractivity (Wildman–Crippen MR) is 80.4 cm³/mol. The van der Waals surface area contributed by atoms with Crippen molar-refractivity contribution in [2.75, 3.05) is 0 Å². The third-order valence-electron chi connectivity index (χ3n) is 3.32. The lowest BCUT2D eigenvalue weighted by Gasteiger charge is -2.27. The van der Waals surface area contributed by atoms with E-state index in [-0.39, 0.29) is 5.97 Å². The fourth-order valence-corrected chi connectivity index (χ4v) is 2.69. The predicted octanol–water partition coefficient (Wildman–Crippen LogP) is 3.87. The van der Waals surface area contributed by atoms with Crippen molar-refractivity contribution in [3.8, 4) is 0 Å². The Balaban J connectivity index is 2.50. The molecule has 1 aliphatic heterocycles. The largest absolute Gasteiger partial charge is 0.347 e. The molecule has 0 radical (unpaired) electrons. The maximum absolute atomic E-state index is 12.3. The van der Waals surface area contributed by atoms with E-state index in [0.717, 1.165) is 16.7 Å². The van der Waals surface area contributed by atoms with Gasteiger partial charge in [0.25, 0.3) is 0 Å². The summed E-state index contributed by atoms with van der Waals surface area (Å²) in [5, 5.41) is 4.03. The van der Waals surface area contributed by atoms with E-state index >= 15 is 0 Å². The average Bonchev–Trinajstić information content (AvgIpc) is 2.66. The molecule has 0 aliphatic carbocycles. The zero-order chi connectivity index (χ0) is 14.8. The summed E-state index contributed by atoms with van der Waals surface area (Å²) < 4.78 is 0. The standard InChI is InChI=1S/C17H19NO2/c1-12(2)10-17(11-13(3)4)15(18-20-16(17)19)14-8-6-5-7-9-14/h5-9H,1,3,10-11H2,2,4H3. The van der Waals surface area contributed by atoms with Crippen LogP contribution in [0.25, 0.3) is 0 Å². The number of carbonyl (C=O) groups is 1. The van der Waals surface area contributed by atoms with E-state index in [2.05, 4.69) is 18.3 Å². The van der Waals surface area contributed by atoms with Gasteiger partial charge in [-0.2, -0.15) is 0 Å². The van der Waals surface area contributed by atoms with Crippen LogP contribution in [-0.2, 0) is 9.63 Å². The van der Waals surface area contributed by atoms with Gasteiger partial charge in [-0.25, -0.2) is 4.79 Å². The highest BCUT2D eigenvalue weighted by atomic mass is 16.7. The summed E-state index contributed by atoms with van der Waals surface area (Å²) in [4.78, 5) is 17.3. The van der Waals surface area contributed by atoms with Gasteiger partial charge in [-0.1, -0.05) is 46.6 Å². The molecule has 0 atom stereocenters. The molecule has 2 rings (SSSR count). The Morgan fingerprint density at radius 2 is 1.70 bits per heavy atom. The van der Waals surface area contributed by atoms with Crippen LogP contribution in [0.4, 0.5) is 0 Å². The fourth-order valence-electron chi connectivity index (χ4n) is 2.69. The monoisotopic (exact) mass is 269 g/mol. The first-order valence-electron chi connectivity index (χ1n) is 6.60. The summed E-state index contributed by atoms with van der Waals surface area (Å²) in [6, 6.07) is 9.65. The van der Waals surface area contributed by atoms with Crippen molar-refractivity contribution in [3.05, 3.63) is 60.2 Å². The van der Waals surface area contributed by atoms with Gasteiger partial charge in [-0.05, 0) is 26.7 Å². The van der Waals surface area contributed by atoms with E-state index in [1.165, 1.54) is 0 Å². The van der Waals surface area contributed by atoms with E-state index in [4.69, 9.17) is 4.84 Å². The quantitative estimate of drug-likeness (QED) is 0.601. The van der Waals surface area contributed by atoms with Gasteiger partial charge in [0, 0.05) is 5.56 Å². The Bertz CT molecular complexity index is 568. The van der Waals surface area contributed by atoms with Gasteiger partial charge in [0.1, 0.15) is 11.1 Å². The first kappa shape index (κ1) is 14.3. The van der Waals surface area contributed by atoms with Gasteiger partial charge < -0.3 is 4.84 Å². The van der Waals surface area contributed by atoms with Crippen LogP contribution in [0, 0.1) is 5.41 Å². The number of benzene rings is 1. The molecule has 3 nitrogen and oxygen atoms in total. The second-order valence-electron chi connectivity index (χ2n) is 5.53. The molecule has 0 N–H and O–H groups in total. The van der Waals surface area contributed by atoms with Gasteiger partial charge in [0.2, 0.25) is 0 Å². The third-order valence-corrected chi connectivity index (χ3v) is 3.32. The molecular formula is C17H19NO2. The van der Waals surface area contributed by atoms with Crippen molar-refractivity contribution >= 4 is 11.7 Å². The molecule has 3 heteroatoms. The Labute approximate surface area is 119 Å². The van der Waals surface area contributed by atoms with Crippen molar-refractivity contribution in [2.24, 2.45) is 10.6 Å². The maximum Gasteiger partial charge on any atom is 0.347 e. The first-order valence-corrected chi connectivity index (χ1v) is 6.60. The van der Waals surface area contributed by atoms with Crippen LogP contribution < -0.4 is 0 Å². The van der Waals surface area contributed by atoms with Crippen LogP contribution in [-0.4, -0.2) is 11.7 Å². The van der Waals surface area contributed by atoms with Crippen LogP contribution in [0.1, 0.15) is 32.3 Å². The summed E-state index contributed by atoms with van der Waals surface area (Å²) in [7, 11) is 0. The second-order valence-corrected chi connectivity index (χ2v) is 5.53. The Kier molecular flexibility index (Phi) is 3.89. The highest BCUT2D eigenvalue weighted by Crippen LogP contribution is 2.41. The Hall–Kier alpha value is -2.16. The molecule has 0 bridgehead atoms. The SMILES string of the molecule is C=C(C)CC1(CC(=C)C)C(=O)ON=C1c1ccccc1. The minimum absolute atomic E-state index is 0.317. The molecule has 1 heterocycles. The molecule has 1 aromatic rings. The molecule has 0 unspecified atom stereocenters. The summed E-state index contributed by atoms with van der Waals surface area (Å²) in [6.45, 7) is 11.7. The first-order chi connectivity index (χ1) is 9.45. The van der Waals surface area contributed by atoms with E-state index in [9.17, 15) is 4.79 Å². The smallest absolute Gasteiger partial charge is 0.317 e. The molecule has 1 aromatic carbocycles. The Morgan fingerprint density at radius 1 is 1.15 bits per heavy atom. The minimum Gasteiger partial charge on any atom is -0.317 e. The zero-order valence-corrected chi connectivity index (χ0v) is 12.0. The molecule has 0 amide bonds. The lowest BCUT2D eigenvalue weighted by atomic mass is 9.71. The van der Waals surface area contributed by atoms with Gasteiger partial charge in [0.05, 0.1) is 0 Å². The van der Waals surface area contributed by atoms with Gasteiger partial charge in [-0.15, -0.1) is 13.2 Å². The van der Waals surface area contributed by atoms with Crippen LogP contribution in [0.15, 0.2) is 59.8 Å². The molecule has 0 saturated heterocycles. The Morgan fingerprint density at radius 3 is 2.20 bits per heavy atom.